The van der Waals surface area contributed by atoms with Gasteiger partial charge < -0.3 is 5.11 Å². The molecule has 1 saturated heterocycles. The maximum Gasteiger partial charge on any atom is 0.322 e. The summed E-state index contributed by atoms with van der Waals surface area (Å²) in [5.74, 6) is -1.10. The van der Waals surface area contributed by atoms with E-state index in [2.05, 4.69) is 5.10 Å². The van der Waals surface area contributed by atoms with Crippen LogP contribution in [0.3, 0.4) is 0 Å². The number of carboxylic acids is 1. The van der Waals surface area contributed by atoms with Gasteiger partial charge in [-0.15, -0.1) is 0 Å². The standard InChI is InChI=1S/C9H13N3O4S/c1-11-8(4-5-10-11)17(15,16)12-6-2-3-7(12)9(13)14/h4-5,7H,2-3,6H2,1H3,(H,13,14)/t7-/m0/s1. The molecule has 0 spiro atoms. The van der Waals surface area contributed by atoms with Crippen molar-refractivity contribution >= 4 is 16.0 Å². The second-order valence-corrected chi connectivity index (χ2v) is 5.74. The summed E-state index contributed by atoms with van der Waals surface area (Å²) in [5.41, 5.74) is 0. The second kappa shape index (κ2) is 4.11. The fraction of sp³-hybridized carbons (Fsp3) is 0.556. The van der Waals surface area contributed by atoms with Crippen LogP contribution in [0, 0.1) is 0 Å². The molecule has 94 valence electrons. The molecule has 1 atom stereocenters. The van der Waals surface area contributed by atoms with Gasteiger partial charge in [0.1, 0.15) is 6.04 Å². The van der Waals surface area contributed by atoms with Crippen LogP contribution in [0.2, 0.25) is 0 Å². The van der Waals surface area contributed by atoms with Crippen molar-refractivity contribution in [3.8, 4) is 0 Å². The lowest BCUT2D eigenvalue weighted by molar-refractivity contribution is -0.140. The second-order valence-electron chi connectivity index (χ2n) is 3.91. The van der Waals surface area contributed by atoms with Gasteiger partial charge in [-0.3, -0.25) is 9.48 Å². The van der Waals surface area contributed by atoms with Crippen molar-refractivity contribution in [1.82, 2.24) is 14.1 Å². The summed E-state index contributed by atoms with van der Waals surface area (Å²) in [6, 6.07) is 0.405. The number of aryl methyl sites for hydroxylation is 1. The molecule has 0 aromatic carbocycles. The van der Waals surface area contributed by atoms with E-state index < -0.39 is 22.0 Å². The molecule has 1 aromatic heterocycles. The van der Waals surface area contributed by atoms with Crippen molar-refractivity contribution in [2.24, 2.45) is 7.05 Å². The average molecular weight is 259 g/mol. The number of nitrogens with zero attached hydrogens (tertiary/aromatic N) is 3. The zero-order chi connectivity index (χ0) is 12.6. The van der Waals surface area contributed by atoms with Crippen molar-refractivity contribution in [3.63, 3.8) is 0 Å². The minimum Gasteiger partial charge on any atom is -0.480 e. The van der Waals surface area contributed by atoms with Gasteiger partial charge >= 0.3 is 5.97 Å². The van der Waals surface area contributed by atoms with Gasteiger partial charge in [0.05, 0.1) is 6.20 Å². The number of aromatic nitrogens is 2. The molecule has 1 fully saturated rings. The summed E-state index contributed by atoms with van der Waals surface area (Å²) >= 11 is 0. The number of carboxylic acid groups (broad SMARTS) is 1. The minimum atomic E-state index is -3.77. The molecule has 0 unspecified atom stereocenters. The summed E-state index contributed by atoms with van der Waals surface area (Å²) in [6.45, 7) is 0.241. The van der Waals surface area contributed by atoms with E-state index in [4.69, 9.17) is 5.11 Å². The summed E-state index contributed by atoms with van der Waals surface area (Å²) in [6.07, 6.45) is 2.29. The number of hydrogen-bond acceptors (Lipinski definition) is 4. The molecule has 0 saturated carbocycles. The molecule has 7 nitrogen and oxygen atoms in total. The van der Waals surface area contributed by atoms with E-state index in [1.54, 1.807) is 0 Å². The maximum absolute atomic E-state index is 12.2. The molecule has 1 aromatic rings. The van der Waals surface area contributed by atoms with Crippen molar-refractivity contribution in [2.45, 2.75) is 23.9 Å². The van der Waals surface area contributed by atoms with Crippen LogP contribution in [0.15, 0.2) is 17.3 Å². The molecule has 0 radical (unpaired) electrons. The summed E-state index contributed by atoms with van der Waals surface area (Å²) in [4.78, 5) is 11.0. The van der Waals surface area contributed by atoms with Gasteiger partial charge in [0.25, 0.3) is 10.0 Å². The molecule has 0 aliphatic carbocycles. The van der Waals surface area contributed by atoms with Crippen molar-refractivity contribution in [2.75, 3.05) is 6.54 Å². The van der Waals surface area contributed by atoms with Crippen LogP contribution in [0.4, 0.5) is 0 Å². The molecular weight excluding hydrogens is 246 g/mol. The smallest absolute Gasteiger partial charge is 0.322 e. The SMILES string of the molecule is Cn1nccc1S(=O)(=O)N1CCC[C@H]1C(=O)O. The van der Waals surface area contributed by atoms with Gasteiger partial charge in [0, 0.05) is 13.6 Å². The predicted octanol–water partition coefficient (Wildman–Crippen LogP) is -0.342. The van der Waals surface area contributed by atoms with Crippen LogP contribution in [-0.2, 0) is 21.9 Å². The average Bonchev–Trinajstić information content (AvgIpc) is 2.84. The van der Waals surface area contributed by atoms with E-state index >= 15 is 0 Å². The van der Waals surface area contributed by atoms with E-state index in [0.29, 0.717) is 12.8 Å². The lowest BCUT2D eigenvalue weighted by atomic mass is 10.2. The third-order valence-electron chi connectivity index (χ3n) is 2.84. The molecule has 2 rings (SSSR count). The summed E-state index contributed by atoms with van der Waals surface area (Å²) in [7, 11) is -2.25. The van der Waals surface area contributed by atoms with Crippen molar-refractivity contribution in [1.29, 1.82) is 0 Å². The molecule has 0 amide bonds. The van der Waals surface area contributed by atoms with Gasteiger partial charge in [0.15, 0.2) is 5.03 Å². The molecule has 1 aliphatic rings. The van der Waals surface area contributed by atoms with E-state index in [1.807, 2.05) is 0 Å². The molecule has 17 heavy (non-hydrogen) atoms. The Morgan fingerprint density at radius 3 is 2.82 bits per heavy atom. The summed E-state index contributed by atoms with van der Waals surface area (Å²) in [5, 5.41) is 12.8. The third kappa shape index (κ3) is 1.93. The van der Waals surface area contributed by atoms with Crippen LogP contribution in [0.1, 0.15) is 12.8 Å². The molecule has 1 N–H and O–H groups in total. The number of aliphatic carboxylic acids is 1. The molecule has 0 bridgehead atoms. The number of rotatable bonds is 3. The Bertz CT molecular complexity index is 536. The van der Waals surface area contributed by atoms with Crippen LogP contribution in [-0.4, -0.2) is 46.2 Å². The molecule has 8 heteroatoms. The van der Waals surface area contributed by atoms with Crippen LogP contribution < -0.4 is 0 Å². The lowest BCUT2D eigenvalue weighted by Gasteiger charge is -2.20. The summed E-state index contributed by atoms with van der Waals surface area (Å²) < 4.78 is 26.7. The molecular formula is C9H13N3O4S. The fourth-order valence-electron chi connectivity index (χ4n) is 2.01. The lowest BCUT2D eigenvalue weighted by Crippen LogP contribution is -2.40. The zero-order valence-corrected chi connectivity index (χ0v) is 10.1. The quantitative estimate of drug-likeness (QED) is 0.801. The Kier molecular flexibility index (Phi) is 2.92. The highest BCUT2D eigenvalue weighted by Gasteiger charge is 2.40. The number of sulfonamides is 1. The first-order valence-electron chi connectivity index (χ1n) is 5.17. The van der Waals surface area contributed by atoms with Crippen LogP contribution >= 0.6 is 0 Å². The Hall–Kier alpha value is -1.41. The van der Waals surface area contributed by atoms with E-state index in [-0.39, 0.29) is 11.6 Å². The third-order valence-corrected chi connectivity index (χ3v) is 4.82. The first-order valence-corrected chi connectivity index (χ1v) is 6.61. The monoisotopic (exact) mass is 259 g/mol. The first kappa shape index (κ1) is 12.1. The van der Waals surface area contributed by atoms with Gasteiger partial charge in [-0.25, -0.2) is 8.42 Å². The molecule has 2 heterocycles. The minimum absolute atomic E-state index is 0.0191. The topological polar surface area (TPSA) is 92.5 Å². The maximum atomic E-state index is 12.2. The largest absolute Gasteiger partial charge is 0.480 e. The van der Waals surface area contributed by atoms with Crippen molar-refractivity contribution in [3.05, 3.63) is 12.3 Å². The van der Waals surface area contributed by atoms with Crippen molar-refractivity contribution < 1.29 is 18.3 Å². The number of hydrogen-bond donors (Lipinski definition) is 1. The Morgan fingerprint density at radius 2 is 2.29 bits per heavy atom. The van der Waals surface area contributed by atoms with Gasteiger partial charge in [0.2, 0.25) is 0 Å². The fourth-order valence-corrected chi connectivity index (χ4v) is 3.76. The Labute approximate surface area is 98.7 Å². The van der Waals surface area contributed by atoms with Crippen LogP contribution in [0.5, 0.6) is 0 Å². The van der Waals surface area contributed by atoms with E-state index in [1.165, 1.54) is 24.0 Å². The van der Waals surface area contributed by atoms with Gasteiger partial charge in [-0.1, -0.05) is 0 Å². The predicted molar refractivity (Wildman–Crippen MR) is 57.8 cm³/mol. The zero-order valence-electron chi connectivity index (χ0n) is 9.28. The Balaban J connectivity index is 2.40. The first-order chi connectivity index (χ1) is 7.94. The Morgan fingerprint density at radius 1 is 1.59 bits per heavy atom. The number of carbonyl (C=O) groups is 1. The van der Waals surface area contributed by atoms with Crippen LogP contribution in [0.25, 0.3) is 0 Å². The van der Waals surface area contributed by atoms with E-state index in [0.717, 1.165) is 4.31 Å². The highest BCUT2D eigenvalue weighted by atomic mass is 32.2. The van der Waals surface area contributed by atoms with Gasteiger partial charge in [-0.05, 0) is 18.9 Å². The van der Waals surface area contributed by atoms with E-state index in [9.17, 15) is 13.2 Å². The normalized spacial score (nSPS) is 21.8. The highest BCUT2D eigenvalue weighted by molar-refractivity contribution is 7.89. The van der Waals surface area contributed by atoms with Gasteiger partial charge in [-0.2, -0.15) is 9.40 Å². The highest BCUT2D eigenvalue weighted by Crippen LogP contribution is 2.25. The molecule has 1 aliphatic heterocycles.